The third kappa shape index (κ3) is 4.04. The normalized spacial score (nSPS) is 17.5. The van der Waals surface area contributed by atoms with Crippen LogP contribution in [0.25, 0.3) is 0 Å². The predicted molar refractivity (Wildman–Crippen MR) is 80.8 cm³/mol. The number of fused-ring (bicyclic) bond motifs is 1. The van der Waals surface area contributed by atoms with Crippen LogP contribution in [0.2, 0.25) is 0 Å². The van der Waals surface area contributed by atoms with Crippen molar-refractivity contribution in [1.29, 1.82) is 0 Å². The van der Waals surface area contributed by atoms with Gasteiger partial charge in [-0.15, -0.1) is 0 Å². The molecular formula is C14H18N2O4S. The smallest absolute Gasteiger partial charge is 0.326 e. The van der Waals surface area contributed by atoms with E-state index in [2.05, 4.69) is 10.6 Å². The van der Waals surface area contributed by atoms with Crippen LogP contribution >= 0.6 is 11.8 Å². The van der Waals surface area contributed by atoms with Crippen molar-refractivity contribution < 1.29 is 19.4 Å². The summed E-state index contributed by atoms with van der Waals surface area (Å²) in [5.74, 6) is 0.398. The maximum atomic E-state index is 11.9. The van der Waals surface area contributed by atoms with Crippen molar-refractivity contribution in [3.63, 3.8) is 0 Å². The van der Waals surface area contributed by atoms with E-state index in [4.69, 9.17) is 9.84 Å². The summed E-state index contributed by atoms with van der Waals surface area (Å²) in [7, 11) is 0. The molecule has 1 heterocycles. The second-order valence-electron chi connectivity index (χ2n) is 4.69. The summed E-state index contributed by atoms with van der Waals surface area (Å²) in [4.78, 5) is 23.0. The molecule has 0 saturated heterocycles. The zero-order valence-electron chi connectivity index (χ0n) is 11.7. The van der Waals surface area contributed by atoms with Gasteiger partial charge in [-0.3, -0.25) is 0 Å². The zero-order chi connectivity index (χ0) is 15.2. The van der Waals surface area contributed by atoms with E-state index in [-0.39, 0.29) is 6.04 Å². The van der Waals surface area contributed by atoms with Gasteiger partial charge in [0, 0.05) is 5.56 Å². The Morgan fingerprint density at radius 3 is 2.95 bits per heavy atom. The molecule has 1 aromatic rings. The summed E-state index contributed by atoms with van der Waals surface area (Å²) in [6.07, 6.45) is 2.29. The molecule has 1 aliphatic heterocycles. The Bertz CT molecular complexity index is 523. The molecule has 0 radical (unpaired) electrons. The van der Waals surface area contributed by atoms with Gasteiger partial charge in [-0.1, -0.05) is 18.2 Å². The van der Waals surface area contributed by atoms with Crippen LogP contribution in [0, 0.1) is 0 Å². The second kappa shape index (κ2) is 7.21. The lowest BCUT2D eigenvalue weighted by Gasteiger charge is -2.17. The third-order valence-corrected chi connectivity index (χ3v) is 3.86. The molecule has 114 valence electrons. The number of amides is 2. The van der Waals surface area contributed by atoms with Gasteiger partial charge in [0.15, 0.2) is 0 Å². The van der Waals surface area contributed by atoms with Gasteiger partial charge < -0.3 is 20.5 Å². The Kier molecular flexibility index (Phi) is 5.32. The number of urea groups is 1. The number of hydrogen-bond donors (Lipinski definition) is 3. The Labute approximate surface area is 127 Å². The van der Waals surface area contributed by atoms with Gasteiger partial charge >= 0.3 is 12.0 Å². The lowest BCUT2D eigenvalue weighted by molar-refractivity contribution is -0.139. The number of carbonyl (C=O) groups excluding carboxylic acids is 1. The van der Waals surface area contributed by atoms with E-state index in [9.17, 15) is 9.59 Å². The third-order valence-electron chi connectivity index (χ3n) is 3.22. The molecule has 6 nitrogen and oxygen atoms in total. The molecule has 21 heavy (non-hydrogen) atoms. The van der Waals surface area contributed by atoms with Crippen molar-refractivity contribution in [2.24, 2.45) is 0 Å². The van der Waals surface area contributed by atoms with Gasteiger partial charge in [0.25, 0.3) is 0 Å². The minimum Gasteiger partial charge on any atom is -0.491 e. The molecule has 0 fully saturated rings. The summed E-state index contributed by atoms with van der Waals surface area (Å²) >= 11 is 1.54. The van der Waals surface area contributed by atoms with Crippen molar-refractivity contribution in [3.8, 4) is 5.75 Å². The summed E-state index contributed by atoms with van der Waals surface area (Å²) in [5.41, 5.74) is 0.906. The molecule has 0 bridgehead atoms. The van der Waals surface area contributed by atoms with Gasteiger partial charge in [0.05, 0.1) is 6.04 Å². The fourth-order valence-electron chi connectivity index (χ4n) is 2.13. The van der Waals surface area contributed by atoms with Crippen molar-refractivity contribution in [2.45, 2.75) is 18.5 Å². The van der Waals surface area contributed by atoms with Crippen LogP contribution in [-0.4, -0.2) is 41.8 Å². The SMILES string of the molecule is CSCC[C@H](NC(=O)NC1COc2ccccc21)C(=O)O. The quantitative estimate of drug-likeness (QED) is 0.743. The molecule has 0 aromatic heterocycles. The Balaban J connectivity index is 1.91. The lowest BCUT2D eigenvalue weighted by atomic mass is 10.1. The lowest BCUT2D eigenvalue weighted by Crippen LogP contribution is -2.47. The number of nitrogens with one attached hydrogen (secondary N) is 2. The van der Waals surface area contributed by atoms with E-state index in [1.165, 1.54) is 0 Å². The predicted octanol–water partition coefficient (Wildman–Crippen LogP) is 1.63. The molecule has 2 atom stereocenters. The summed E-state index contributed by atoms with van der Waals surface area (Å²) in [6.45, 7) is 0.356. The highest BCUT2D eigenvalue weighted by Gasteiger charge is 2.26. The first kappa shape index (κ1) is 15.5. The molecule has 0 saturated carbocycles. The molecule has 7 heteroatoms. The molecular weight excluding hydrogens is 292 g/mol. The maximum Gasteiger partial charge on any atom is 0.326 e. The monoisotopic (exact) mass is 310 g/mol. The average molecular weight is 310 g/mol. The standard InChI is InChI=1S/C14H18N2O4S/c1-21-7-6-10(13(17)18)15-14(19)16-11-8-20-12-5-3-2-4-9(11)12/h2-5,10-11H,6-8H2,1H3,(H,17,18)(H2,15,16,19)/t10-,11?/m0/s1. The van der Waals surface area contributed by atoms with E-state index in [0.717, 1.165) is 11.3 Å². The minimum atomic E-state index is -1.03. The van der Waals surface area contributed by atoms with Gasteiger partial charge in [-0.05, 0) is 24.5 Å². The molecule has 3 N–H and O–H groups in total. The highest BCUT2D eigenvalue weighted by atomic mass is 32.2. The molecule has 1 unspecified atom stereocenters. The largest absolute Gasteiger partial charge is 0.491 e. The number of thioether (sulfide) groups is 1. The topological polar surface area (TPSA) is 87.7 Å². The van der Waals surface area contributed by atoms with Crippen molar-refractivity contribution in [2.75, 3.05) is 18.6 Å². The van der Waals surface area contributed by atoms with Crippen molar-refractivity contribution >= 4 is 23.8 Å². The van der Waals surface area contributed by atoms with Crippen molar-refractivity contribution in [3.05, 3.63) is 29.8 Å². The van der Waals surface area contributed by atoms with Crippen LogP contribution < -0.4 is 15.4 Å². The highest BCUT2D eigenvalue weighted by Crippen LogP contribution is 2.31. The summed E-state index contributed by atoms with van der Waals surface area (Å²) < 4.78 is 5.47. The van der Waals surface area contributed by atoms with E-state index < -0.39 is 18.0 Å². The molecule has 0 aliphatic carbocycles. The number of para-hydroxylation sites is 1. The van der Waals surface area contributed by atoms with Gasteiger partial charge in [-0.25, -0.2) is 9.59 Å². The van der Waals surface area contributed by atoms with Gasteiger partial charge in [0.1, 0.15) is 18.4 Å². The van der Waals surface area contributed by atoms with Crippen LogP contribution in [0.3, 0.4) is 0 Å². The van der Waals surface area contributed by atoms with Crippen LogP contribution in [0.5, 0.6) is 5.75 Å². The zero-order valence-corrected chi connectivity index (χ0v) is 12.5. The maximum absolute atomic E-state index is 11.9. The van der Waals surface area contributed by atoms with Crippen molar-refractivity contribution in [1.82, 2.24) is 10.6 Å². The number of carboxylic acid groups (broad SMARTS) is 1. The van der Waals surface area contributed by atoms with E-state index >= 15 is 0 Å². The Hall–Kier alpha value is -1.89. The number of hydrogen-bond acceptors (Lipinski definition) is 4. The van der Waals surface area contributed by atoms with E-state index in [0.29, 0.717) is 18.8 Å². The second-order valence-corrected chi connectivity index (χ2v) is 5.68. The number of carboxylic acids is 1. The van der Waals surface area contributed by atoms with Crippen LogP contribution in [0.15, 0.2) is 24.3 Å². The van der Waals surface area contributed by atoms with Crippen LogP contribution in [0.4, 0.5) is 4.79 Å². The number of benzene rings is 1. The first-order valence-corrected chi connectivity index (χ1v) is 8.01. The number of aliphatic carboxylic acids is 1. The van der Waals surface area contributed by atoms with Gasteiger partial charge in [0.2, 0.25) is 0 Å². The average Bonchev–Trinajstić information content (AvgIpc) is 2.86. The summed E-state index contributed by atoms with van der Waals surface area (Å²) in [5, 5.41) is 14.3. The molecule has 1 aromatic carbocycles. The minimum absolute atomic E-state index is 0.254. The van der Waals surface area contributed by atoms with E-state index in [1.807, 2.05) is 30.5 Å². The summed E-state index contributed by atoms with van der Waals surface area (Å²) in [6, 6.07) is 5.84. The number of ether oxygens (including phenoxy) is 1. The first-order valence-electron chi connectivity index (χ1n) is 6.62. The number of rotatable bonds is 6. The molecule has 0 spiro atoms. The van der Waals surface area contributed by atoms with E-state index in [1.54, 1.807) is 11.8 Å². The highest BCUT2D eigenvalue weighted by molar-refractivity contribution is 7.98. The first-order chi connectivity index (χ1) is 10.1. The fraction of sp³-hybridized carbons (Fsp3) is 0.429. The van der Waals surface area contributed by atoms with Crippen LogP contribution in [0.1, 0.15) is 18.0 Å². The Morgan fingerprint density at radius 1 is 1.48 bits per heavy atom. The molecule has 2 amide bonds. The van der Waals surface area contributed by atoms with Gasteiger partial charge in [-0.2, -0.15) is 11.8 Å². The Morgan fingerprint density at radius 2 is 2.24 bits per heavy atom. The number of carbonyl (C=O) groups is 2. The molecule has 1 aliphatic rings. The molecule has 2 rings (SSSR count). The van der Waals surface area contributed by atoms with Crippen LogP contribution in [-0.2, 0) is 4.79 Å². The fourth-order valence-corrected chi connectivity index (χ4v) is 2.60.